The molecule has 0 aliphatic carbocycles. The predicted octanol–water partition coefficient (Wildman–Crippen LogP) is 2.62. The lowest BCUT2D eigenvalue weighted by Crippen LogP contribution is -2.45. The van der Waals surface area contributed by atoms with Gasteiger partial charge in [-0.15, -0.1) is 12.4 Å². The van der Waals surface area contributed by atoms with Gasteiger partial charge in [-0.2, -0.15) is 0 Å². The minimum absolute atomic E-state index is 0. The topological polar surface area (TPSA) is 64.8 Å². The number of carbonyl (C=O) groups is 1. The van der Waals surface area contributed by atoms with Crippen molar-refractivity contribution >= 4 is 42.5 Å². The second kappa shape index (κ2) is 7.68. The third-order valence-electron chi connectivity index (χ3n) is 5.50. The maximum atomic E-state index is 12.7. The van der Waals surface area contributed by atoms with E-state index >= 15 is 0 Å². The smallest absolute Gasteiger partial charge is 0.399 e. The highest BCUT2D eigenvalue weighted by Crippen LogP contribution is 2.37. The summed E-state index contributed by atoms with van der Waals surface area (Å²) in [7, 11) is -0.537. The standard InChI is InChI=1S/C18H26BClN2O3.ClH/c1-17(2)18(3,4)25-19(24-17)14-8-7-12(10-15(14)20)16(23)22-9-5-6-13(21)11-22;/h7-8,10,13H,5-6,9,11,21H2,1-4H3;1H/t13-;/m0./s1. The number of hydrogen-bond donors (Lipinski definition) is 1. The molecular formula is C18H27BCl2N2O3. The number of likely N-dealkylation sites (tertiary alicyclic amines) is 1. The van der Waals surface area contributed by atoms with Crippen LogP contribution < -0.4 is 11.2 Å². The van der Waals surface area contributed by atoms with E-state index < -0.39 is 18.3 Å². The van der Waals surface area contributed by atoms with Crippen LogP contribution in [0.15, 0.2) is 18.2 Å². The van der Waals surface area contributed by atoms with Crippen LogP contribution in [0, 0.1) is 0 Å². The Morgan fingerprint density at radius 3 is 2.42 bits per heavy atom. The molecule has 8 heteroatoms. The van der Waals surface area contributed by atoms with Gasteiger partial charge < -0.3 is 19.9 Å². The first-order valence-electron chi connectivity index (χ1n) is 8.81. The van der Waals surface area contributed by atoms with Crippen molar-refractivity contribution in [2.75, 3.05) is 13.1 Å². The molecule has 3 rings (SSSR count). The second-order valence-electron chi connectivity index (χ2n) is 7.98. The summed E-state index contributed by atoms with van der Waals surface area (Å²) in [6.07, 6.45) is 1.90. The molecular weight excluding hydrogens is 374 g/mol. The summed E-state index contributed by atoms with van der Waals surface area (Å²) in [6.45, 7) is 9.33. The van der Waals surface area contributed by atoms with Crippen LogP contribution >= 0.6 is 24.0 Å². The Bertz CT molecular complexity index is 668. The normalized spacial score (nSPS) is 24.3. The van der Waals surface area contributed by atoms with Crippen LogP contribution in [-0.4, -0.2) is 48.3 Å². The fourth-order valence-corrected chi connectivity index (χ4v) is 3.47. The van der Waals surface area contributed by atoms with Crippen LogP contribution in [0.4, 0.5) is 0 Å². The molecule has 144 valence electrons. The average molecular weight is 401 g/mol. The van der Waals surface area contributed by atoms with Crippen molar-refractivity contribution in [3.8, 4) is 0 Å². The van der Waals surface area contributed by atoms with Gasteiger partial charge in [0, 0.05) is 35.2 Å². The molecule has 1 aromatic carbocycles. The molecule has 2 aliphatic heterocycles. The Morgan fingerprint density at radius 2 is 1.88 bits per heavy atom. The van der Waals surface area contributed by atoms with E-state index in [9.17, 15) is 4.79 Å². The number of nitrogens with two attached hydrogens (primary N) is 1. The molecule has 2 aliphatic rings. The first-order chi connectivity index (χ1) is 11.6. The summed E-state index contributed by atoms with van der Waals surface area (Å²) < 4.78 is 12.1. The van der Waals surface area contributed by atoms with Crippen molar-refractivity contribution in [1.82, 2.24) is 4.90 Å². The van der Waals surface area contributed by atoms with Gasteiger partial charge >= 0.3 is 7.12 Å². The van der Waals surface area contributed by atoms with Gasteiger partial charge in [-0.25, -0.2) is 0 Å². The number of rotatable bonds is 2. The quantitative estimate of drug-likeness (QED) is 0.775. The lowest BCUT2D eigenvalue weighted by Gasteiger charge is -2.32. The van der Waals surface area contributed by atoms with E-state index in [1.54, 1.807) is 17.0 Å². The van der Waals surface area contributed by atoms with Crippen molar-refractivity contribution in [2.24, 2.45) is 5.73 Å². The van der Waals surface area contributed by atoms with E-state index in [1.165, 1.54) is 0 Å². The number of halogens is 2. The fourth-order valence-electron chi connectivity index (χ4n) is 3.20. The summed E-state index contributed by atoms with van der Waals surface area (Å²) in [5, 5.41) is 0.477. The molecule has 2 saturated heterocycles. The average Bonchev–Trinajstić information content (AvgIpc) is 2.74. The molecule has 1 amide bonds. The van der Waals surface area contributed by atoms with Gasteiger partial charge in [0.05, 0.1) is 11.2 Å². The Morgan fingerprint density at radius 1 is 1.27 bits per heavy atom. The fraction of sp³-hybridized carbons (Fsp3) is 0.611. The molecule has 0 unspecified atom stereocenters. The summed E-state index contributed by atoms with van der Waals surface area (Å²) in [5.74, 6) is -0.0301. The molecule has 5 nitrogen and oxygen atoms in total. The highest BCUT2D eigenvalue weighted by atomic mass is 35.5. The zero-order valence-corrected chi connectivity index (χ0v) is 17.3. The number of piperidine rings is 1. The van der Waals surface area contributed by atoms with Gasteiger partial charge in [0.2, 0.25) is 0 Å². The van der Waals surface area contributed by atoms with Crippen LogP contribution in [0.2, 0.25) is 5.02 Å². The van der Waals surface area contributed by atoms with Crippen LogP contribution in [0.1, 0.15) is 50.9 Å². The number of nitrogens with zero attached hydrogens (tertiary/aromatic N) is 1. The zero-order chi connectivity index (χ0) is 18.4. The van der Waals surface area contributed by atoms with Crippen molar-refractivity contribution in [1.29, 1.82) is 0 Å². The summed E-state index contributed by atoms with van der Waals surface area (Å²) in [5.41, 5.74) is 6.42. The Hall–Kier alpha value is -0.785. The molecule has 26 heavy (non-hydrogen) atoms. The van der Waals surface area contributed by atoms with E-state index in [2.05, 4.69) is 0 Å². The molecule has 2 heterocycles. The first kappa shape index (κ1) is 21.5. The Balaban J connectivity index is 0.00000243. The van der Waals surface area contributed by atoms with Gasteiger partial charge in [-0.05, 0) is 52.7 Å². The van der Waals surface area contributed by atoms with E-state index in [4.69, 9.17) is 26.6 Å². The van der Waals surface area contributed by atoms with Crippen LogP contribution in [0.25, 0.3) is 0 Å². The number of amides is 1. The number of hydrogen-bond acceptors (Lipinski definition) is 4. The lowest BCUT2D eigenvalue weighted by atomic mass is 9.78. The van der Waals surface area contributed by atoms with Gasteiger partial charge in [-0.1, -0.05) is 17.7 Å². The SMILES string of the molecule is CC1(C)OB(c2ccc(C(=O)N3CCC[C@H](N)C3)cc2Cl)OC1(C)C.Cl. The second-order valence-corrected chi connectivity index (χ2v) is 8.39. The molecule has 0 saturated carbocycles. The number of benzene rings is 1. The molecule has 1 atom stereocenters. The molecule has 2 fully saturated rings. The summed E-state index contributed by atoms with van der Waals surface area (Å²) in [6, 6.07) is 5.36. The Kier molecular flexibility index (Phi) is 6.36. The minimum atomic E-state index is -0.537. The van der Waals surface area contributed by atoms with Gasteiger partial charge in [0.25, 0.3) is 5.91 Å². The van der Waals surface area contributed by atoms with E-state index in [1.807, 2.05) is 33.8 Å². The third kappa shape index (κ3) is 4.05. The molecule has 0 bridgehead atoms. The van der Waals surface area contributed by atoms with Crippen molar-refractivity contribution < 1.29 is 14.1 Å². The lowest BCUT2D eigenvalue weighted by molar-refractivity contribution is 0.00578. The predicted molar refractivity (Wildman–Crippen MR) is 108 cm³/mol. The van der Waals surface area contributed by atoms with Crippen molar-refractivity contribution in [2.45, 2.75) is 57.8 Å². The monoisotopic (exact) mass is 400 g/mol. The maximum Gasteiger partial charge on any atom is 0.496 e. The molecule has 0 aromatic heterocycles. The van der Waals surface area contributed by atoms with Crippen LogP contribution in [0.5, 0.6) is 0 Å². The molecule has 0 radical (unpaired) electrons. The molecule has 2 N–H and O–H groups in total. The van der Waals surface area contributed by atoms with E-state index in [-0.39, 0.29) is 24.4 Å². The third-order valence-corrected chi connectivity index (χ3v) is 5.83. The highest BCUT2D eigenvalue weighted by Gasteiger charge is 2.52. The first-order valence-corrected chi connectivity index (χ1v) is 9.18. The van der Waals surface area contributed by atoms with Crippen molar-refractivity contribution in [3.05, 3.63) is 28.8 Å². The number of carbonyl (C=O) groups excluding carboxylic acids is 1. The minimum Gasteiger partial charge on any atom is -0.399 e. The van der Waals surface area contributed by atoms with Gasteiger partial charge in [0.15, 0.2) is 0 Å². The van der Waals surface area contributed by atoms with Gasteiger partial charge in [0.1, 0.15) is 0 Å². The molecule has 1 aromatic rings. The highest BCUT2D eigenvalue weighted by molar-refractivity contribution is 6.65. The Labute approximate surface area is 167 Å². The van der Waals surface area contributed by atoms with E-state index in [0.717, 1.165) is 24.8 Å². The summed E-state index contributed by atoms with van der Waals surface area (Å²) >= 11 is 6.45. The van der Waals surface area contributed by atoms with E-state index in [0.29, 0.717) is 17.1 Å². The van der Waals surface area contributed by atoms with Gasteiger partial charge in [-0.3, -0.25) is 4.79 Å². The van der Waals surface area contributed by atoms with Crippen LogP contribution in [0.3, 0.4) is 0 Å². The maximum absolute atomic E-state index is 12.7. The van der Waals surface area contributed by atoms with Crippen LogP contribution in [-0.2, 0) is 9.31 Å². The molecule has 0 spiro atoms. The largest absolute Gasteiger partial charge is 0.496 e. The summed E-state index contributed by atoms with van der Waals surface area (Å²) in [4.78, 5) is 14.5. The zero-order valence-electron chi connectivity index (χ0n) is 15.8. The van der Waals surface area contributed by atoms with Crippen molar-refractivity contribution in [3.63, 3.8) is 0 Å².